The summed E-state index contributed by atoms with van der Waals surface area (Å²) in [7, 11) is 0. The maximum absolute atomic E-state index is 12.5. The summed E-state index contributed by atoms with van der Waals surface area (Å²) < 4.78 is 0. The zero-order valence-electron chi connectivity index (χ0n) is 11.5. The van der Waals surface area contributed by atoms with E-state index in [1.807, 2.05) is 31.2 Å². The van der Waals surface area contributed by atoms with Crippen LogP contribution in [0.3, 0.4) is 0 Å². The Hall–Kier alpha value is -1.51. The van der Waals surface area contributed by atoms with Gasteiger partial charge in [0.05, 0.1) is 5.56 Å². The number of carbonyl (C=O) groups is 1. The van der Waals surface area contributed by atoms with E-state index in [0.29, 0.717) is 6.04 Å². The van der Waals surface area contributed by atoms with E-state index in [-0.39, 0.29) is 5.91 Å². The second kappa shape index (κ2) is 5.24. The fourth-order valence-corrected chi connectivity index (χ4v) is 2.79. The zero-order chi connectivity index (χ0) is 13.2. The van der Waals surface area contributed by atoms with Gasteiger partial charge in [0, 0.05) is 18.3 Å². The SMILES string of the molecule is CCNc1ccccc1C(=O)NC(C1CC1)C1CC1. The fourth-order valence-electron chi connectivity index (χ4n) is 2.79. The lowest BCUT2D eigenvalue weighted by Gasteiger charge is -2.19. The highest BCUT2D eigenvalue weighted by Gasteiger charge is 2.42. The molecule has 0 unspecified atom stereocenters. The summed E-state index contributed by atoms with van der Waals surface area (Å²) in [5, 5.41) is 6.54. The second-order valence-electron chi connectivity index (χ2n) is 5.75. The molecule has 2 N–H and O–H groups in total. The van der Waals surface area contributed by atoms with Crippen LogP contribution >= 0.6 is 0 Å². The summed E-state index contributed by atoms with van der Waals surface area (Å²) >= 11 is 0. The van der Waals surface area contributed by atoms with Gasteiger partial charge in [0.1, 0.15) is 0 Å². The normalized spacial score (nSPS) is 18.4. The molecule has 3 rings (SSSR count). The van der Waals surface area contributed by atoms with Crippen LogP contribution in [0.4, 0.5) is 5.69 Å². The van der Waals surface area contributed by atoms with Gasteiger partial charge in [0.15, 0.2) is 0 Å². The van der Waals surface area contributed by atoms with Gasteiger partial charge in [0.25, 0.3) is 5.91 Å². The van der Waals surface area contributed by atoms with E-state index in [2.05, 4.69) is 10.6 Å². The third-order valence-corrected chi connectivity index (χ3v) is 4.10. The Kier molecular flexibility index (Phi) is 3.45. The molecule has 0 bridgehead atoms. The summed E-state index contributed by atoms with van der Waals surface area (Å²) in [6, 6.07) is 8.20. The Morgan fingerprint density at radius 1 is 1.21 bits per heavy atom. The maximum Gasteiger partial charge on any atom is 0.253 e. The third kappa shape index (κ3) is 2.91. The molecule has 0 saturated heterocycles. The van der Waals surface area contributed by atoms with Crippen molar-refractivity contribution in [3.05, 3.63) is 29.8 Å². The van der Waals surface area contributed by atoms with Gasteiger partial charge in [-0.25, -0.2) is 0 Å². The van der Waals surface area contributed by atoms with Gasteiger partial charge in [-0.3, -0.25) is 4.79 Å². The average molecular weight is 258 g/mol. The van der Waals surface area contributed by atoms with E-state index in [9.17, 15) is 4.79 Å². The first-order chi connectivity index (χ1) is 9.29. The van der Waals surface area contributed by atoms with Crippen molar-refractivity contribution in [2.24, 2.45) is 11.8 Å². The lowest BCUT2D eigenvalue weighted by atomic mass is 10.1. The Bertz CT molecular complexity index is 452. The largest absolute Gasteiger partial charge is 0.385 e. The number of nitrogens with one attached hydrogen (secondary N) is 2. The first-order valence-corrected chi connectivity index (χ1v) is 7.43. The molecule has 0 atom stereocenters. The smallest absolute Gasteiger partial charge is 0.253 e. The minimum absolute atomic E-state index is 0.0837. The lowest BCUT2D eigenvalue weighted by Crippen LogP contribution is -2.38. The van der Waals surface area contributed by atoms with Crippen LogP contribution in [0.2, 0.25) is 0 Å². The van der Waals surface area contributed by atoms with Gasteiger partial charge in [-0.05, 0) is 56.6 Å². The van der Waals surface area contributed by atoms with E-state index in [4.69, 9.17) is 0 Å². The van der Waals surface area contributed by atoms with Crippen LogP contribution in [0.1, 0.15) is 43.0 Å². The van der Waals surface area contributed by atoms with Crippen LogP contribution in [0.5, 0.6) is 0 Å². The van der Waals surface area contributed by atoms with Crippen LogP contribution in [-0.4, -0.2) is 18.5 Å². The summed E-state index contributed by atoms with van der Waals surface area (Å²) in [4.78, 5) is 12.5. The average Bonchev–Trinajstić information content (AvgIpc) is 3.30. The van der Waals surface area contributed by atoms with Gasteiger partial charge >= 0.3 is 0 Å². The number of para-hydroxylation sites is 1. The topological polar surface area (TPSA) is 41.1 Å². The van der Waals surface area contributed by atoms with Gasteiger partial charge in [0.2, 0.25) is 0 Å². The van der Waals surface area contributed by atoms with E-state index in [1.54, 1.807) is 0 Å². The molecule has 1 aromatic carbocycles. The standard InChI is InChI=1S/C16H22N2O/c1-2-17-14-6-4-3-5-13(14)16(19)18-15(11-7-8-11)12-9-10-12/h3-6,11-12,15,17H,2,7-10H2,1H3,(H,18,19). The Morgan fingerprint density at radius 3 is 2.42 bits per heavy atom. The van der Waals surface area contributed by atoms with E-state index in [0.717, 1.165) is 29.6 Å². The predicted octanol–water partition coefficient (Wildman–Crippen LogP) is 3.04. The first-order valence-electron chi connectivity index (χ1n) is 7.43. The molecule has 1 aromatic rings. The van der Waals surface area contributed by atoms with Crippen LogP contribution in [0.15, 0.2) is 24.3 Å². The molecule has 0 aliphatic heterocycles. The minimum Gasteiger partial charge on any atom is -0.385 e. The molecule has 1 amide bonds. The molecule has 2 fully saturated rings. The van der Waals surface area contributed by atoms with Gasteiger partial charge in [-0.1, -0.05) is 12.1 Å². The highest BCUT2D eigenvalue weighted by Crippen LogP contribution is 2.44. The lowest BCUT2D eigenvalue weighted by molar-refractivity contribution is 0.0927. The van der Waals surface area contributed by atoms with Gasteiger partial charge in [-0.15, -0.1) is 0 Å². The molecule has 2 aliphatic rings. The van der Waals surface area contributed by atoms with Crippen molar-refractivity contribution in [3.8, 4) is 0 Å². The molecule has 2 saturated carbocycles. The number of anilines is 1. The number of amides is 1. The summed E-state index contributed by atoms with van der Waals surface area (Å²) in [5.74, 6) is 1.56. The van der Waals surface area contributed by atoms with Crippen molar-refractivity contribution >= 4 is 11.6 Å². The van der Waals surface area contributed by atoms with Crippen molar-refractivity contribution < 1.29 is 4.79 Å². The van der Waals surface area contributed by atoms with Crippen LogP contribution in [0.25, 0.3) is 0 Å². The van der Waals surface area contributed by atoms with E-state index < -0.39 is 0 Å². The molecule has 2 aliphatic carbocycles. The van der Waals surface area contributed by atoms with Crippen LogP contribution < -0.4 is 10.6 Å². The maximum atomic E-state index is 12.5. The zero-order valence-corrected chi connectivity index (χ0v) is 11.5. The predicted molar refractivity (Wildman–Crippen MR) is 77.3 cm³/mol. The Balaban J connectivity index is 1.72. The molecule has 19 heavy (non-hydrogen) atoms. The molecule has 0 heterocycles. The van der Waals surface area contributed by atoms with Crippen molar-refractivity contribution in [1.29, 1.82) is 0 Å². The number of carbonyl (C=O) groups excluding carboxylic acids is 1. The molecule has 0 radical (unpaired) electrons. The number of benzene rings is 1. The molecule has 3 nitrogen and oxygen atoms in total. The summed E-state index contributed by atoms with van der Waals surface area (Å²) in [5.41, 5.74) is 1.71. The molecule has 0 aromatic heterocycles. The Morgan fingerprint density at radius 2 is 1.84 bits per heavy atom. The van der Waals surface area contributed by atoms with E-state index >= 15 is 0 Å². The number of hydrogen-bond acceptors (Lipinski definition) is 2. The van der Waals surface area contributed by atoms with Gasteiger partial charge < -0.3 is 10.6 Å². The third-order valence-electron chi connectivity index (χ3n) is 4.10. The molecule has 102 valence electrons. The molecular formula is C16H22N2O. The summed E-state index contributed by atoms with van der Waals surface area (Å²) in [6.45, 7) is 2.88. The van der Waals surface area contributed by atoms with Crippen molar-refractivity contribution in [2.75, 3.05) is 11.9 Å². The van der Waals surface area contributed by atoms with Crippen molar-refractivity contribution in [3.63, 3.8) is 0 Å². The molecule has 3 heteroatoms. The van der Waals surface area contributed by atoms with E-state index in [1.165, 1.54) is 25.7 Å². The first kappa shape index (κ1) is 12.5. The summed E-state index contributed by atoms with van der Waals surface area (Å²) in [6.07, 6.45) is 5.15. The van der Waals surface area contributed by atoms with Crippen LogP contribution in [0, 0.1) is 11.8 Å². The highest BCUT2D eigenvalue weighted by atomic mass is 16.1. The molecular weight excluding hydrogens is 236 g/mol. The minimum atomic E-state index is 0.0837. The van der Waals surface area contributed by atoms with Crippen molar-refractivity contribution in [1.82, 2.24) is 5.32 Å². The van der Waals surface area contributed by atoms with Crippen molar-refractivity contribution in [2.45, 2.75) is 38.6 Å². The number of rotatable bonds is 6. The highest BCUT2D eigenvalue weighted by molar-refractivity contribution is 5.99. The monoisotopic (exact) mass is 258 g/mol. The fraction of sp³-hybridized carbons (Fsp3) is 0.562. The number of hydrogen-bond donors (Lipinski definition) is 2. The molecule has 0 spiro atoms. The van der Waals surface area contributed by atoms with Gasteiger partial charge in [-0.2, -0.15) is 0 Å². The Labute approximate surface area is 114 Å². The quantitative estimate of drug-likeness (QED) is 0.823. The second-order valence-corrected chi connectivity index (χ2v) is 5.75. The van der Waals surface area contributed by atoms with Crippen LogP contribution in [-0.2, 0) is 0 Å².